The molecule has 0 N–H and O–H groups in total. The fourth-order valence-electron chi connectivity index (χ4n) is 4.54. The van der Waals surface area contributed by atoms with Gasteiger partial charge in [0, 0.05) is 31.8 Å². The van der Waals surface area contributed by atoms with E-state index in [0.717, 1.165) is 46.5 Å². The first-order valence-corrected chi connectivity index (χ1v) is 11.8. The zero-order chi connectivity index (χ0) is 23.4. The minimum atomic E-state index is 0.0909. The fraction of sp³-hybridized carbons (Fsp3) is 0.296. The second-order valence-corrected chi connectivity index (χ2v) is 9.26. The molecule has 0 aliphatic carbocycles. The molecular weight excluding hydrogens is 453 g/mol. The van der Waals surface area contributed by atoms with Crippen LogP contribution in [0.4, 0.5) is 5.69 Å². The van der Waals surface area contributed by atoms with Gasteiger partial charge >= 0.3 is 0 Å². The van der Waals surface area contributed by atoms with Crippen LogP contribution < -0.4 is 4.90 Å². The Labute approximate surface area is 205 Å². The zero-order valence-corrected chi connectivity index (χ0v) is 20.4. The standard InChI is InChI=1S/C27H27Cl2N3O/c1-19-3-12-25(24(29)15-19)32-14-13-31(17-26(32)21-8-10-23(28)11-9-21)27(18-33-2)22-6-4-20(16-30)5-7-22/h3-12,15,26-27H,13-14,17-18H2,1-2H3/t26-,27-/m0/s1. The van der Waals surface area contributed by atoms with Crippen molar-refractivity contribution in [2.24, 2.45) is 0 Å². The second kappa shape index (κ2) is 10.6. The van der Waals surface area contributed by atoms with Crippen LogP contribution in [-0.4, -0.2) is 38.3 Å². The fourth-order valence-corrected chi connectivity index (χ4v) is 5.01. The molecular formula is C27H27Cl2N3O. The maximum absolute atomic E-state index is 9.17. The van der Waals surface area contributed by atoms with Crippen molar-refractivity contribution in [3.63, 3.8) is 0 Å². The topological polar surface area (TPSA) is 39.5 Å². The van der Waals surface area contributed by atoms with Crippen molar-refractivity contribution < 1.29 is 4.74 Å². The van der Waals surface area contributed by atoms with Gasteiger partial charge < -0.3 is 9.64 Å². The average molecular weight is 480 g/mol. The van der Waals surface area contributed by atoms with Crippen LogP contribution in [-0.2, 0) is 4.74 Å². The summed E-state index contributed by atoms with van der Waals surface area (Å²) in [6.45, 7) is 5.12. The van der Waals surface area contributed by atoms with Crippen molar-refractivity contribution in [3.8, 4) is 6.07 Å². The third-order valence-electron chi connectivity index (χ3n) is 6.27. The third kappa shape index (κ3) is 5.34. The Bertz CT molecular complexity index is 1130. The highest BCUT2D eigenvalue weighted by atomic mass is 35.5. The molecule has 0 amide bonds. The van der Waals surface area contributed by atoms with E-state index in [2.05, 4.69) is 47.1 Å². The van der Waals surface area contributed by atoms with Gasteiger partial charge in [0.15, 0.2) is 0 Å². The van der Waals surface area contributed by atoms with Crippen molar-refractivity contribution >= 4 is 28.9 Å². The molecule has 1 aliphatic rings. The molecule has 0 spiro atoms. The monoisotopic (exact) mass is 479 g/mol. The molecule has 6 heteroatoms. The van der Waals surface area contributed by atoms with Crippen LogP contribution in [0.1, 0.15) is 34.3 Å². The van der Waals surface area contributed by atoms with Crippen molar-refractivity contribution in [1.82, 2.24) is 4.90 Å². The summed E-state index contributed by atoms with van der Waals surface area (Å²) in [5.74, 6) is 0. The zero-order valence-electron chi connectivity index (χ0n) is 18.8. The Balaban J connectivity index is 1.68. The number of halogens is 2. The summed E-state index contributed by atoms with van der Waals surface area (Å²) in [5.41, 5.74) is 5.19. The molecule has 0 saturated carbocycles. The van der Waals surface area contributed by atoms with Gasteiger partial charge in [-0.2, -0.15) is 5.26 Å². The predicted octanol–water partition coefficient (Wildman–Crippen LogP) is 6.42. The SMILES string of the molecule is COC[C@@H](c1ccc(C#N)cc1)N1CCN(c2ccc(C)cc2Cl)[C@H](c2ccc(Cl)cc2)C1. The van der Waals surface area contributed by atoms with Crippen LogP contribution in [0, 0.1) is 18.3 Å². The van der Waals surface area contributed by atoms with E-state index in [1.807, 2.05) is 42.5 Å². The van der Waals surface area contributed by atoms with E-state index < -0.39 is 0 Å². The highest BCUT2D eigenvalue weighted by Crippen LogP contribution is 2.38. The van der Waals surface area contributed by atoms with E-state index in [9.17, 15) is 0 Å². The molecule has 3 aromatic rings. The van der Waals surface area contributed by atoms with Gasteiger partial charge in [-0.15, -0.1) is 0 Å². The number of benzene rings is 3. The summed E-state index contributed by atoms with van der Waals surface area (Å²) in [5, 5.41) is 10.7. The number of anilines is 1. The molecule has 0 aromatic heterocycles. The molecule has 3 aromatic carbocycles. The van der Waals surface area contributed by atoms with E-state index >= 15 is 0 Å². The molecule has 33 heavy (non-hydrogen) atoms. The molecule has 0 unspecified atom stereocenters. The lowest BCUT2D eigenvalue weighted by molar-refractivity contribution is 0.0758. The van der Waals surface area contributed by atoms with Crippen LogP contribution in [0.2, 0.25) is 10.0 Å². The first kappa shape index (κ1) is 23.6. The predicted molar refractivity (Wildman–Crippen MR) is 135 cm³/mol. The molecule has 2 atom stereocenters. The largest absolute Gasteiger partial charge is 0.383 e. The van der Waals surface area contributed by atoms with Gasteiger partial charge in [0.25, 0.3) is 0 Å². The highest BCUT2D eigenvalue weighted by Gasteiger charge is 2.33. The number of aryl methyl sites for hydroxylation is 1. The van der Waals surface area contributed by atoms with E-state index in [1.54, 1.807) is 7.11 Å². The lowest BCUT2D eigenvalue weighted by Gasteiger charge is -2.46. The molecule has 1 fully saturated rings. The third-order valence-corrected chi connectivity index (χ3v) is 6.82. The Morgan fingerprint density at radius 1 is 1.03 bits per heavy atom. The molecule has 1 heterocycles. The molecule has 170 valence electrons. The average Bonchev–Trinajstić information content (AvgIpc) is 2.83. The van der Waals surface area contributed by atoms with E-state index in [1.165, 1.54) is 5.56 Å². The molecule has 4 nitrogen and oxygen atoms in total. The number of ether oxygens (including phenoxy) is 1. The molecule has 1 saturated heterocycles. The van der Waals surface area contributed by atoms with Crippen molar-refractivity contribution in [3.05, 3.63) is 99.0 Å². The number of methoxy groups -OCH3 is 1. The first-order chi connectivity index (χ1) is 16.0. The Hall–Kier alpha value is -2.55. The summed E-state index contributed by atoms with van der Waals surface area (Å²) >= 11 is 12.9. The van der Waals surface area contributed by atoms with Crippen LogP contribution >= 0.6 is 23.2 Å². The lowest BCUT2D eigenvalue weighted by Crippen LogP contribution is -2.50. The van der Waals surface area contributed by atoms with Gasteiger partial charge in [0.05, 0.1) is 41.0 Å². The molecule has 4 rings (SSSR count). The number of hydrogen-bond acceptors (Lipinski definition) is 4. The van der Waals surface area contributed by atoms with E-state index in [4.69, 9.17) is 33.2 Å². The summed E-state index contributed by atoms with van der Waals surface area (Å²) < 4.78 is 5.61. The van der Waals surface area contributed by atoms with E-state index in [0.29, 0.717) is 12.2 Å². The lowest BCUT2D eigenvalue weighted by atomic mass is 9.97. The number of rotatable bonds is 6. The van der Waals surface area contributed by atoms with Crippen LogP contribution in [0.25, 0.3) is 0 Å². The van der Waals surface area contributed by atoms with Crippen LogP contribution in [0.3, 0.4) is 0 Å². The van der Waals surface area contributed by atoms with Gasteiger partial charge in [-0.1, -0.05) is 53.5 Å². The van der Waals surface area contributed by atoms with E-state index in [-0.39, 0.29) is 12.1 Å². The molecule has 0 radical (unpaired) electrons. The summed E-state index contributed by atoms with van der Waals surface area (Å²) in [6, 6.07) is 24.5. The highest BCUT2D eigenvalue weighted by molar-refractivity contribution is 6.33. The molecule has 1 aliphatic heterocycles. The minimum Gasteiger partial charge on any atom is -0.383 e. The summed E-state index contributed by atoms with van der Waals surface area (Å²) in [6.07, 6.45) is 0. The van der Waals surface area contributed by atoms with Gasteiger partial charge in [0.2, 0.25) is 0 Å². The first-order valence-electron chi connectivity index (χ1n) is 11.0. The number of hydrogen-bond donors (Lipinski definition) is 0. The van der Waals surface area contributed by atoms with Gasteiger partial charge in [0.1, 0.15) is 0 Å². The van der Waals surface area contributed by atoms with Gasteiger partial charge in [-0.05, 0) is 60.0 Å². The minimum absolute atomic E-state index is 0.0909. The van der Waals surface area contributed by atoms with Crippen LogP contribution in [0.5, 0.6) is 0 Å². The van der Waals surface area contributed by atoms with Crippen LogP contribution in [0.15, 0.2) is 66.7 Å². The maximum atomic E-state index is 9.17. The van der Waals surface area contributed by atoms with Crippen molar-refractivity contribution in [1.29, 1.82) is 5.26 Å². The molecule has 0 bridgehead atoms. The quantitative estimate of drug-likeness (QED) is 0.408. The number of nitriles is 1. The summed E-state index contributed by atoms with van der Waals surface area (Å²) in [4.78, 5) is 4.85. The Morgan fingerprint density at radius 3 is 2.39 bits per heavy atom. The van der Waals surface area contributed by atoms with Gasteiger partial charge in [-0.25, -0.2) is 0 Å². The number of piperazine rings is 1. The van der Waals surface area contributed by atoms with Crippen molar-refractivity contribution in [2.45, 2.75) is 19.0 Å². The maximum Gasteiger partial charge on any atom is 0.0991 e. The summed E-state index contributed by atoms with van der Waals surface area (Å²) in [7, 11) is 1.73. The normalized spacial score (nSPS) is 17.5. The Morgan fingerprint density at radius 2 is 1.76 bits per heavy atom. The Kier molecular flexibility index (Phi) is 7.57. The smallest absolute Gasteiger partial charge is 0.0991 e. The van der Waals surface area contributed by atoms with Crippen molar-refractivity contribution in [2.75, 3.05) is 38.3 Å². The van der Waals surface area contributed by atoms with Gasteiger partial charge in [-0.3, -0.25) is 4.90 Å². The second-order valence-electron chi connectivity index (χ2n) is 8.42. The number of nitrogens with zero attached hydrogens (tertiary/aromatic N) is 3.